The van der Waals surface area contributed by atoms with Crippen LogP contribution in [0.15, 0.2) is 53.4 Å². The zero-order valence-electron chi connectivity index (χ0n) is 17.7. The van der Waals surface area contributed by atoms with Crippen LogP contribution < -0.4 is 5.32 Å². The first-order valence-electron chi connectivity index (χ1n) is 10.9. The second kappa shape index (κ2) is 7.80. The molecule has 1 saturated heterocycles. The van der Waals surface area contributed by atoms with Crippen LogP contribution in [0.1, 0.15) is 41.4 Å². The molecule has 1 aromatic heterocycles. The molecule has 3 heterocycles. The zero-order chi connectivity index (χ0) is 21.6. The van der Waals surface area contributed by atoms with Gasteiger partial charge in [0.1, 0.15) is 0 Å². The van der Waals surface area contributed by atoms with E-state index < -0.39 is 10.0 Å². The average Bonchev–Trinajstić information content (AvgIpc) is 3.14. The number of fused-ring (bicyclic) bond motifs is 3. The van der Waals surface area contributed by atoms with Crippen molar-refractivity contribution in [2.75, 3.05) is 19.6 Å². The van der Waals surface area contributed by atoms with Crippen LogP contribution in [0.4, 0.5) is 0 Å². The van der Waals surface area contributed by atoms with Gasteiger partial charge in [-0.3, -0.25) is 4.79 Å². The van der Waals surface area contributed by atoms with Crippen molar-refractivity contribution in [2.24, 2.45) is 5.92 Å². The fourth-order valence-electron chi connectivity index (χ4n) is 4.75. The largest absolute Gasteiger partial charge is 0.339 e. The summed E-state index contributed by atoms with van der Waals surface area (Å²) in [6.07, 6.45) is 2.68. The van der Waals surface area contributed by atoms with Gasteiger partial charge in [-0.05, 0) is 54.7 Å². The summed E-state index contributed by atoms with van der Waals surface area (Å²) in [6.45, 7) is 5.11. The first-order valence-corrected chi connectivity index (χ1v) is 12.4. The normalized spacial score (nSPS) is 17.6. The van der Waals surface area contributed by atoms with E-state index in [1.807, 2.05) is 17.0 Å². The highest BCUT2D eigenvalue weighted by Gasteiger charge is 2.29. The van der Waals surface area contributed by atoms with Crippen LogP contribution in [-0.2, 0) is 23.0 Å². The monoisotopic (exact) mass is 437 g/mol. The Hall–Kier alpha value is -2.64. The lowest BCUT2D eigenvalue weighted by Gasteiger charge is -2.30. The van der Waals surface area contributed by atoms with E-state index in [1.54, 1.807) is 36.4 Å². The van der Waals surface area contributed by atoms with Gasteiger partial charge in [0.25, 0.3) is 15.9 Å². The van der Waals surface area contributed by atoms with E-state index in [0.717, 1.165) is 49.1 Å². The summed E-state index contributed by atoms with van der Waals surface area (Å²) in [4.78, 5) is 15.3. The first-order chi connectivity index (χ1) is 15.0. The Morgan fingerprint density at radius 3 is 2.55 bits per heavy atom. The van der Waals surface area contributed by atoms with Gasteiger partial charge >= 0.3 is 0 Å². The number of hydrogen-bond donors (Lipinski definition) is 1. The highest BCUT2D eigenvalue weighted by molar-refractivity contribution is 7.90. The number of rotatable bonds is 3. The first kappa shape index (κ1) is 20.3. The van der Waals surface area contributed by atoms with Gasteiger partial charge < -0.3 is 10.2 Å². The minimum absolute atomic E-state index is 0.0324. The van der Waals surface area contributed by atoms with Gasteiger partial charge in [-0.15, -0.1) is 0 Å². The molecule has 0 atom stereocenters. The molecular weight excluding hydrogens is 410 g/mol. The van der Waals surface area contributed by atoms with Crippen molar-refractivity contribution in [3.63, 3.8) is 0 Å². The molecule has 0 radical (unpaired) electrons. The van der Waals surface area contributed by atoms with Gasteiger partial charge in [-0.25, -0.2) is 12.4 Å². The quantitative estimate of drug-likeness (QED) is 0.682. The van der Waals surface area contributed by atoms with Crippen molar-refractivity contribution in [1.29, 1.82) is 0 Å². The van der Waals surface area contributed by atoms with Crippen LogP contribution in [0.25, 0.3) is 10.9 Å². The molecule has 0 spiro atoms. The number of likely N-dealkylation sites (tertiary alicyclic amines) is 1. The summed E-state index contributed by atoms with van der Waals surface area (Å²) in [6, 6.07) is 14.0. The summed E-state index contributed by atoms with van der Waals surface area (Å²) in [5.41, 5.74) is 3.06. The number of hydrogen-bond acceptors (Lipinski definition) is 4. The molecule has 162 valence electrons. The molecule has 2 aromatic carbocycles. The molecule has 1 N–H and O–H groups in total. The number of nitrogens with one attached hydrogen (secondary N) is 1. The maximum atomic E-state index is 13.5. The lowest BCUT2D eigenvalue weighted by atomic mass is 9.98. The molecule has 31 heavy (non-hydrogen) atoms. The number of amides is 1. The van der Waals surface area contributed by atoms with Gasteiger partial charge in [0.05, 0.1) is 10.4 Å². The maximum Gasteiger partial charge on any atom is 0.268 e. The lowest BCUT2D eigenvalue weighted by Crippen LogP contribution is -2.37. The van der Waals surface area contributed by atoms with Gasteiger partial charge in [-0.1, -0.05) is 25.1 Å². The Bertz CT molecular complexity index is 1240. The van der Waals surface area contributed by atoms with Crippen LogP contribution in [0.2, 0.25) is 0 Å². The van der Waals surface area contributed by atoms with Crippen LogP contribution >= 0.6 is 0 Å². The summed E-state index contributed by atoms with van der Waals surface area (Å²) in [5, 5.41) is 4.20. The average molecular weight is 438 g/mol. The number of carbonyl (C=O) groups excluding carboxylic acids is 1. The molecular formula is C24H27N3O3S. The Morgan fingerprint density at radius 1 is 1.06 bits per heavy atom. The number of aromatic nitrogens is 1. The number of piperidine rings is 1. The highest BCUT2D eigenvalue weighted by atomic mass is 32.2. The van der Waals surface area contributed by atoms with Crippen molar-refractivity contribution in [3.05, 3.63) is 65.4 Å². The molecule has 2 aliphatic rings. The van der Waals surface area contributed by atoms with Crippen molar-refractivity contribution in [3.8, 4) is 0 Å². The Labute approximate surface area is 182 Å². The van der Waals surface area contributed by atoms with E-state index in [-0.39, 0.29) is 10.8 Å². The molecule has 6 nitrogen and oxygen atoms in total. The number of nitrogens with zero attached hydrogens (tertiary/aromatic N) is 2. The van der Waals surface area contributed by atoms with Crippen LogP contribution in [-0.4, -0.2) is 42.8 Å². The third-order valence-electron chi connectivity index (χ3n) is 6.57. The van der Waals surface area contributed by atoms with Crippen molar-refractivity contribution in [1.82, 2.24) is 14.2 Å². The zero-order valence-corrected chi connectivity index (χ0v) is 18.5. The van der Waals surface area contributed by atoms with E-state index >= 15 is 0 Å². The van der Waals surface area contributed by atoms with E-state index in [9.17, 15) is 13.2 Å². The van der Waals surface area contributed by atoms with Gasteiger partial charge in [-0.2, -0.15) is 0 Å². The number of carbonyl (C=O) groups is 1. The van der Waals surface area contributed by atoms with E-state index in [1.165, 1.54) is 3.97 Å². The smallest absolute Gasteiger partial charge is 0.268 e. The molecule has 1 amide bonds. The highest BCUT2D eigenvalue weighted by Crippen LogP contribution is 2.33. The minimum atomic E-state index is -3.73. The molecule has 0 bridgehead atoms. The molecule has 0 saturated carbocycles. The second-order valence-electron chi connectivity index (χ2n) is 8.64. The summed E-state index contributed by atoms with van der Waals surface area (Å²) in [7, 11) is -3.73. The third-order valence-corrected chi connectivity index (χ3v) is 8.34. The molecule has 7 heteroatoms. The van der Waals surface area contributed by atoms with Crippen molar-refractivity contribution in [2.45, 2.75) is 37.6 Å². The predicted molar refractivity (Wildman–Crippen MR) is 121 cm³/mol. The van der Waals surface area contributed by atoms with Crippen LogP contribution in [0.5, 0.6) is 0 Å². The van der Waals surface area contributed by atoms with Crippen LogP contribution in [0, 0.1) is 5.92 Å². The predicted octanol–water partition coefficient (Wildman–Crippen LogP) is 3.40. The van der Waals surface area contributed by atoms with Crippen molar-refractivity contribution < 1.29 is 13.2 Å². The fourth-order valence-corrected chi connectivity index (χ4v) is 6.37. The topological polar surface area (TPSA) is 71.4 Å². The summed E-state index contributed by atoms with van der Waals surface area (Å²) >= 11 is 0. The molecule has 2 aliphatic heterocycles. The standard InChI is InChI=1S/C24H27N3O3S/c1-17-10-13-26(14-11-17)24(28)18-7-8-22-20(15-18)21-16-25-12-9-23(21)27(22)31(29,30)19-5-3-2-4-6-19/h2-8,15,17,25H,9-14,16H2,1H3. The molecule has 0 aliphatic carbocycles. The fraction of sp³-hybridized carbons (Fsp3) is 0.375. The maximum absolute atomic E-state index is 13.5. The second-order valence-corrected chi connectivity index (χ2v) is 10.4. The van der Waals surface area contributed by atoms with Crippen LogP contribution in [0.3, 0.4) is 0 Å². The Kier molecular flexibility index (Phi) is 5.10. The molecule has 3 aromatic rings. The van der Waals surface area contributed by atoms with E-state index in [0.29, 0.717) is 30.0 Å². The summed E-state index contributed by atoms with van der Waals surface area (Å²) in [5.74, 6) is 0.687. The van der Waals surface area contributed by atoms with E-state index in [2.05, 4.69) is 12.2 Å². The molecule has 0 unspecified atom stereocenters. The molecule has 5 rings (SSSR count). The van der Waals surface area contributed by atoms with Gasteiger partial charge in [0.15, 0.2) is 0 Å². The van der Waals surface area contributed by atoms with Gasteiger partial charge in [0.2, 0.25) is 0 Å². The van der Waals surface area contributed by atoms with E-state index in [4.69, 9.17) is 0 Å². The third kappa shape index (κ3) is 3.46. The summed E-state index contributed by atoms with van der Waals surface area (Å²) < 4.78 is 28.6. The number of benzene rings is 2. The minimum Gasteiger partial charge on any atom is -0.339 e. The van der Waals surface area contributed by atoms with Crippen molar-refractivity contribution >= 4 is 26.8 Å². The molecule has 1 fully saturated rings. The lowest BCUT2D eigenvalue weighted by molar-refractivity contribution is 0.0697. The van der Waals surface area contributed by atoms with Gasteiger partial charge in [0, 0.05) is 49.2 Å². The SMILES string of the molecule is CC1CCN(C(=O)c2ccc3c(c2)c2c(n3S(=O)(=O)c3ccccc3)CCNC2)CC1. The Balaban J connectivity index is 1.63. The Morgan fingerprint density at radius 2 is 1.81 bits per heavy atom.